The van der Waals surface area contributed by atoms with Crippen molar-refractivity contribution in [1.29, 1.82) is 0 Å². The fraction of sp³-hybridized carbons (Fsp3) is 0.612. The molecule has 0 aromatic carbocycles. The van der Waals surface area contributed by atoms with Crippen molar-refractivity contribution in [3.63, 3.8) is 0 Å². The molecule has 0 aromatic rings. The van der Waals surface area contributed by atoms with Gasteiger partial charge in [-0.25, -0.2) is 4.57 Å². The second-order valence-corrected chi connectivity index (χ2v) is 20.9. The Morgan fingerprint density at radius 3 is 1.00 bits per heavy atom. The Kier molecular flexibility index (Phi) is 57.8. The molecule has 77 heavy (non-hydrogen) atoms. The van der Waals surface area contributed by atoms with E-state index < -0.39 is 32.5 Å². The minimum absolute atomic E-state index is 0.0431. The number of esters is 2. The quantitative estimate of drug-likeness (QED) is 0.0264. The number of allylic oxidation sites excluding steroid dienone is 24. The zero-order valence-corrected chi connectivity index (χ0v) is 49.5. The molecule has 436 valence electrons. The van der Waals surface area contributed by atoms with Gasteiger partial charge in [0.05, 0.1) is 13.2 Å². The van der Waals surface area contributed by atoms with Crippen LogP contribution in [0.5, 0.6) is 0 Å². The van der Waals surface area contributed by atoms with Crippen LogP contribution in [0.15, 0.2) is 146 Å². The van der Waals surface area contributed by atoms with Gasteiger partial charge in [-0.3, -0.25) is 18.6 Å². The van der Waals surface area contributed by atoms with E-state index in [1.165, 1.54) is 64.2 Å². The van der Waals surface area contributed by atoms with Gasteiger partial charge in [0.15, 0.2) is 6.10 Å². The number of rotatable bonds is 55. The average Bonchev–Trinajstić information content (AvgIpc) is 3.42. The van der Waals surface area contributed by atoms with Gasteiger partial charge in [-0.2, -0.15) is 0 Å². The molecule has 2 unspecified atom stereocenters. The summed E-state index contributed by atoms with van der Waals surface area (Å²) in [5.74, 6) is -0.859. The smallest absolute Gasteiger partial charge is 0.462 e. The third kappa shape index (κ3) is 61.0. The van der Waals surface area contributed by atoms with Crippen LogP contribution < -0.4 is 5.73 Å². The molecular weight excluding hydrogens is 978 g/mol. The molecule has 0 radical (unpaired) electrons. The summed E-state index contributed by atoms with van der Waals surface area (Å²) in [5, 5.41) is 0. The Hall–Kier alpha value is -4.11. The molecule has 0 amide bonds. The van der Waals surface area contributed by atoms with Gasteiger partial charge >= 0.3 is 19.8 Å². The maximum atomic E-state index is 12.7. The minimum Gasteiger partial charge on any atom is -0.462 e. The molecule has 0 rings (SSSR count). The van der Waals surface area contributed by atoms with Crippen molar-refractivity contribution in [2.75, 3.05) is 26.4 Å². The topological polar surface area (TPSA) is 134 Å². The van der Waals surface area contributed by atoms with Gasteiger partial charge in [0.2, 0.25) is 0 Å². The van der Waals surface area contributed by atoms with Crippen LogP contribution >= 0.6 is 7.82 Å². The molecular formula is C67H110NO8P. The molecule has 10 heteroatoms. The third-order valence-corrected chi connectivity index (χ3v) is 13.2. The first kappa shape index (κ1) is 72.9. The number of phosphoric ester groups is 1. The van der Waals surface area contributed by atoms with E-state index >= 15 is 0 Å². The van der Waals surface area contributed by atoms with Gasteiger partial charge in [0.25, 0.3) is 0 Å². The maximum absolute atomic E-state index is 12.7. The summed E-state index contributed by atoms with van der Waals surface area (Å²) in [6, 6.07) is 0. The number of hydrogen-bond donors (Lipinski definition) is 2. The van der Waals surface area contributed by atoms with E-state index in [2.05, 4.69) is 160 Å². The second-order valence-electron chi connectivity index (χ2n) is 19.5. The van der Waals surface area contributed by atoms with Crippen LogP contribution in [0, 0.1) is 0 Å². The number of nitrogens with two attached hydrogens (primary N) is 1. The van der Waals surface area contributed by atoms with Crippen LogP contribution in [0.2, 0.25) is 0 Å². The first-order chi connectivity index (χ1) is 37.8. The molecule has 0 heterocycles. The first-order valence-corrected chi connectivity index (χ1v) is 31.8. The van der Waals surface area contributed by atoms with E-state index in [1.54, 1.807) is 0 Å². The number of phosphoric acid groups is 1. The van der Waals surface area contributed by atoms with Crippen molar-refractivity contribution in [3.8, 4) is 0 Å². The Labute approximate surface area is 471 Å². The number of carbonyl (C=O) groups is 2. The van der Waals surface area contributed by atoms with Gasteiger partial charge in [-0.05, 0) is 116 Å². The van der Waals surface area contributed by atoms with Crippen molar-refractivity contribution >= 4 is 19.8 Å². The molecule has 0 aliphatic heterocycles. The summed E-state index contributed by atoms with van der Waals surface area (Å²) in [6.45, 7) is 3.48. The minimum atomic E-state index is -4.40. The van der Waals surface area contributed by atoms with Crippen LogP contribution in [0.1, 0.15) is 232 Å². The molecule has 2 atom stereocenters. The fourth-order valence-electron chi connectivity index (χ4n) is 7.82. The van der Waals surface area contributed by atoms with Crippen molar-refractivity contribution in [3.05, 3.63) is 146 Å². The van der Waals surface area contributed by atoms with Gasteiger partial charge in [-0.1, -0.05) is 250 Å². The monoisotopic (exact) mass is 1090 g/mol. The SMILES string of the molecule is CC/C=C\C/C=C\C/C=C\C/C=C\C/C=C\C/C=C\C/C=C\CCCCCCCCCCCCCCCC(=O)OC(COC(=O)CCCCCCC/C=C\C/C=C\C/C=C\C/C=C\C/C=C\CC)COP(=O)(O)OCCN. The van der Waals surface area contributed by atoms with Crippen LogP contribution in [0.25, 0.3) is 0 Å². The van der Waals surface area contributed by atoms with Crippen LogP contribution in [-0.2, 0) is 32.7 Å². The highest BCUT2D eigenvalue weighted by Crippen LogP contribution is 2.43. The summed E-state index contributed by atoms with van der Waals surface area (Å²) in [7, 11) is -4.40. The molecule has 0 aliphatic carbocycles. The van der Waals surface area contributed by atoms with E-state index in [0.29, 0.717) is 12.8 Å². The Bertz CT molecular complexity index is 1770. The summed E-state index contributed by atoms with van der Waals surface area (Å²) >= 11 is 0. The molecule has 0 saturated heterocycles. The molecule has 9 nitrogen and oxygen atoms in total. The van der Waals surface area contributed by atoms with Crippen LogP contribution in [0.3, 0.4) is 0 Å². The normalized spacial score (nSPS) is 14.1. The second kappa shape index (κ2) is 61.1. The van der Waals surface area contributed by atoms with E-state index in [4.69, 9.17) is 24.3 Å². The molecule has 3 N–H and O–H groups in total. The van der Waals surface area contributed by atoms with Crippen molar-refractivity contribution in [2.24, 2.45) is 5.73 Å². The lowest BCUT2D eigenvalue weighted by atomic mass is 10.0. The lowest BCUT2D eigenvalue weighted by Crippen LogP contribution is -2.29. The predicted octanol–water partition coefficient (Wildman–Crippen LogP) is 19.5. The van der Waals surface area contributed by atoms with E-state index in [0.717, 1.165) is 128 Å². The zero-order valence-electron chi connectivity index (χ0n) is 48.6. The lowest BCUT2D eigenvalue weighted by molar-refractivity contribution is -0.161. The summed E-state index contributed by atoms with van der Waals surface area (Å²) < 4.78 is 33.0. The maximum Gasteiger partial charge on any atom is 0.472 e. The van der Waals surface area contributed by atoms with Gasteiger partial charge in [-0.15, -0.1) is 0 Å². The molecule has 0 bridgehead atoms. The Morgan fingerprint density at radius 1 is 0.390 bits per heavy atom. The van der Waals surface area contributed by atoms with Gasteiger partial charge in [0.1, 0.15) is 6.61 Å². The highest BCUT2D eigenvalue weighted by Gasteiger charge is 2.26. The van der Waals surface area contributed by atoms with Crippen LogP contribution in [0.4, 0.5) is 0 Å². The highest BCUT2D eigenvalue weighted by molar-refractivity contribution is 7.47. The number of carbonyl (C=O) groups excluding carboxylic acids is 2. The number of hydrogen-bond acceptors (Lipinski definition) is 8. The lowest BCUT2D eigenvalue weighted by Gasteiger charge is -2.19. The Morgan fingerprint density at radius 2 is 0.675 bits per heavy atom. The fourth-order valence-corrected chi connectivity index (χ4v) is 8.58. The van der Waals surface area contributed by atoms with Gasteiger partial charge in [0, 0.05) is 19.4 Å². The van der Waals surface area contributed by atoms with Gasteiger partial charge < -0.3 is 20.1 Å². The molecule has 0 saturated carbocycles. The van der Waals surface area contributed by atoms with E-state index in [-0.39, 0.29) is 32.6 Å². The van der Waals surface area contributed by atoms with E-state index in [9.17, 15) is 19.0 Å². The zero-order chi connectivity index (χ0) is 55.9. The number of ether oxygens (including phenoxy) is 2. The summed E-state index contributed by atoms with van der Waals surface area (Å²) in [5.41, 5.74) is 5.38. The molecule has 0 aromatic heterocycles. The molecule has 0 fully saturated rings. The predicted molar refractivity (Wildman–Crippen MR) is 330 cm³/mol. The average molecular weight is 1090 g/mol. The molecule has 0 spiro atoms. The van der Waals surface area contributed by atoms with Crippen LogP contribution in [-0.4, -0.2) is 49.3 Å². The summed E-state index contributed by atoms with van der Waals surface area (Å²) in [6.07, 6.45) is 87.6. The highest BCUT2D eigenvalue weighted by atomic mass is 31.2. The molecule has 0 aliphatic rings. The van der Waals surface area contributed by atoms with Crippen molar-refractivity contribution in [1.82, 2.24) is 0 Å². The van der Waals surface area contributed by atoms with Crippen molar-refractivity contribution < 1.29 is 37.6 Å². The largest absolute Gasteiger partial charge is 0.472 e. The first-order valence-electron chi connectivity index (χ1n) is 30.3. The third-order valence-electron chi connectivity index (χ3n) is 12.2. The Balaban J connectivity index is 4.00. The standard InChI is InChI=1S/C67H110NO8P/c1-3-5-7-9-11-13-15-17-19-21-23-25-26-27-28-29-30-31-32-33-34-35-36-37-38-40-42-44-46-48-50-52-54-56-58-60-67(70)76-65(64-75-77(71,72)74-62-61-68)63-73-66(69)59-57-55-53-51-49-47-45-43-41-39-24-22-20-18-16-14-12-10-8-6-4-2/h5-8,11-14,17-20,23-25,27-28,30-31,33-34,39,43,45,65H,3-4,9-10,15-16,21-22,26,29,32,35-38,40-42,44,46-64,68H2,1-2H3,(H,71,72)/b7-5-,8-6-,13-11-,14-12-,19-17-,20-18-,25-23-,28-27-,31-30-,34-33-,39-24-,45-43-. The summed E-state index contributed by atoms with van der Waals surface area (Å²) in [4.78, 5) is 35.2. The van der Waals surface area contributed by atoms with Crippen molar-refractivity contribution in [2.45, 2.75) is 238 Å². The number of unbranched alkanes of at least 4 members (excludes halogenated alkanes) is 18. The van der Waals surface area contributed by atoms with E-state index in [1.807, 2.05) is 0 Å².